The van der Waals surface area contributed by atoms with Gasteiger partial charge in [-0.3, -0.25) is 0 Å². The molecule has 0 radical (unpaired) electrons. The summed E-state index contributed by atoms with van der Waals surface area (Å²) in [5.41, 5.74) is -0.663. The highest BCUT2D eigenvalue weighted by Crippen LogP contribution is 2.09. The molecule has 0 bridgehead atoms. The number of carbonyl (C=O) groups is 3. The number of alkyl carbamates (subject to hydrolysis) is 2. The van der Waals surface area contributed by atoms with Crippen molar-refractivity contribution in [2.24, 2.45) is 5.92 Å². The van der Waals surface area contributed by atoms with Crippen LogP contribution in [0.15, 0.2) is 0 Å². The highest BCUT2D eigenvalue weighted by molar-refractivity contribution is 6.18. The van der Waals surface area contributed by atoms with Crippen molar-refractivity contribution in [3.05, 3.63) is 0 Å². The van der Waals surface area contributed by atoms with E-state index in [1.165, 1.54) is 0 Å². The van der Waals surface area contributed by atoms with Gasteiger partial charge < -0.3 is 24.8 Å². The second kappa shape index (κ2) is 13.5. The van der Waals surface area contributed by atoms with Gasteiger partial charge in [-0.05, 0) is 46.0 Å². The van der Waals surface area contributed by atoms with Crippen molar-refractivity contribution in [2.75, 3.05) is 25.6 Å². The van der Waals surface area contributed by atoms with E-state index in [1.54, 1.807) is 20.8 Å². The van der Waals surface area contributed by atoms with Gasteiger partial charge in [-0.1, -0.05) is 13.8 Å². The molecular formula is C18H33ClN2O6. The van der Waals surface area contributed by atoms with Gasteiger partial charge in [0.2, 0.25) is 0 Å². The normalized spacial score (nSPS) is 12.3. The molecule has 1 atom stereocenters. The first-order chi connectivity index (χ1) is 12.5. The van der Waals surface area contributed by atoms with Crippen LogP contribution in [0.5, 0.6) is 0 Å². The molecule has 0 aliphatic rings. The Kier molecular flexibility index (Phi) is 12.6. The number of halogens is 1. The number of ether oxygens (including phenoxy) is 3. The second-order valence-electron chi connectivity index (χ2n) is 7.47. The Morgan fingerprint density at radius 1 is 1.04 bits per heavy atom. The molecule has 2 amide bonds. The Bertz CT molecular complexity index is 465. The van der Waals surface area contributed by atoms with Crippen LogP contribution in [0.2, 0.25) is 0 Å². The molecule has 8 nitrogen and oxygen atoms in total. The van der Waals surface area contributed by atoms with Gasteiger partial charge in [0.15, 0.2) is 0 Å². The molecule has 0 saturated carbocycles. The predicted molar refractivity (Wildman–Crippen MR) is 103 cm³/mol. The molecule has 0 fully saturated rings. The molecule has 27 heavy (non-hydrogen) atoms. The number of carbonyl (C=O) groups excluding carboxylic acids is 3. The lowest BCUT2D eigenvalue weighted by molar-refractivity contribution is -0.147. The average Bonchev–Trinajstić information content (AvgIpc) is 2.54. The summed E-state index contributed by atoms with van der Waals surface area (Å²) in [4.78, 5) is 35.5. The van der Waals surface area contributed by atoms with Crippen LogP contribution in [-0.2, 0) is 19.0 Å². The van der Waals surface area contributed by atoms with Crippen LogP contribution in [0, 0.1) is 5.92 Å². The van der Waals surface area contributed by atoms with Gasteiger partial charge in [0, 0.05) is 6.54 Å². The molecule has 0 rings (SSSR count). The minimum atomic E-state index is -0.804. The number of hydrogen-bond donors (Lipinski definition) is 2. The zero-order valence-electron chi connectivity index (χ0n) is 16.9. The van der Waals surface area contributed by atoms with Gasteiger partial charge in [0.1, 0.15) is 18.2 Å². The first kappa shape index (κ1) is 25.3. The van der Waals surface area contributed by atoms with E-state index >= 15 is 0 Å². The Labute approximate surface area is 166 Å². The molecule has 0 heterocycles. The molecule has 0 aromatic rings. The summed E-state index contributed by atoms with van der Waals surface area (Å²) >= 11 is 5.43. The van der Waals surface area contributed by atoms with Crippen LogP contribution in [-0.4, -0.2) is 55.4 Å². The van der Waals surface area contributed by atoms with Gasteiger partial charge in [0.25, 0.3) is 0 Å². The summed E-state index contributed by atoms with van der Waals surface area (Å²) < 4.78 is 15.2. The van der Waals surface area contributed by atoms with Crippen LogP contribution >= 0.6 is 11.6 Å². The Balaban J connectivity index is 4.42. The number of esters is 1. The maximum atomic E-state index is 12.2. The summed E-state index contributed by atoms with van der Waals surface area (Å²) in [7, 11) is 0. The van der Waals surface area contributed by atoms with Crippen molar-refractivity contribution in [2.45, 2.75) is 65.5 Å². The molecule has 0 aromatic carbocycles. The fraction of sp³-hybridized carbons (Fsp3) is 0.833. The van der Waals surface area contributed by atoms with Crippen molar-refractivity contribution in [1.29, 1.82) is 0 Å². The third-order valence-electron chi connectivity index (χ3n) is 3.03. The molecule has 0 aliphatic heterocycles. The second-order valence-corrected chi connectivity index (χ2v) is 7.85. The quantitative estimate of drug-likeness (QED) is 0.235. The number of hydrogen-bond acceptors (Lipinski definition) is 6. The van der Waals surface area contributed by atoms with E-state index in [9.17, 15) is 14.4 Å². The standard InChI is InChI=1S/C18H33ClN2O6/c1-13(2)12-26-15(22)14(21-17(24)27-18(3,4)5)8-6-7-10-20-16(23)25-11-9-19/h13-14H,6-12H2,1-5H3,(H,20,23)(H,21,24)/t14-/m0/s1. The van der Waals surface area contributed by atoms with Crippen molar-refractivity contribution < 1.29 is 28.6 Å². The van der Waals surface area contributed by atoms with Crippen LogP contribution < -0.4 is 10.6 Å². The Morgan fingerprint density at radius 3 is 2.26 bits per heavy atom. The molecule has 0 unspecified atom stereocenters. The first-order valence-electron chi connectivity index (χ1n) is 9.18. The molecule has 0 aromatic heterocycles. The first-order valence-corrected chi connectivity index (χ1v) is 9.71. The molecule has 9 heteroatoms. The van der Waals surface area contributed by atoms with E-state index in [0.29, 0.717) is 25.8 Å². The number of nitrogens with one attached hydrogen (secondary N) is 2. The number of amides is 2. The zero-order valence-corrected chi connectivity index (χ0v) is 17.7. The minimum absolute atomic E-state index is 0.150. The third kappa shape index (κ3) is 15.1. The van der Waals surface area contributed by atoms with Crippen LogP contribution in [0.1, 0.15) is 53.9 Å². The SMILES string of the molecule is CC(C)COC(=O)[C@H](CCCCNC(=O)OCCCl)NC(=O)OC(C)(C)C. The van der Waals surface area contributed by atoms with Crippen LogP contribution in [0.3, 0.4) is 0 Å². The van der Waals surface area contributed by atoms with E-state index in [-0.39, 0.29) is 25.0 Å². The summed E-state index contributed by atoms with van der Waals surface area (Å²) in [5.74, 6) is -0.0624. The molecule has 0 saturated heterocycles. The van der Waals surface area contributed by atoms with Crippen LogP contribution in [0.4, 0.5) is 9.59 Å². The van der Waals surface area contributed by atoms with Gasteiger partial charge in [-0.15, -0.1) is 11.6 Å². The average molecular weight is 409 g/mol. The lowest BCUT2D eigenvalue weighted by Gasteiger charge is -2.23. The van der Waals surface area contributed by atoms with E-state index < -0.39 is 29.8 Å². The maximum absolute atomic E-state index is 12.2. The van der Waals surface area contributed by atoms with Crippen molar-refractivity contribution in [3.8, 4) is 0 Å². The lowest BCUT2D eigenvalue weighted by Crippen LogP contribution is -2.44. The molecule has 2 N–H and O–H groups in total. The van der Waals surface area contributed by atoms with Crippen LogP contribution in [0.25, 0.3) is 0 Å². The van der Waals surface area contributed by atoms with E-state index in [0.717, 1.165) is 0 Å². The Hall–Kier alpha value is -1.70. The van der Waals surface area contributed by atoms with Gasteiger partial charge in [-0.2, -0.15) is 0 Å². The molecular weight excluding hydrogens is 376 g/mol. The fourth-order valence-corrected chi connectivity index (χ4v) is 1.97. The maximum Gasteiger partial charge on any atom is 0.408 e. The summed E-state index contributed by atoms with van der Waals surface area (Å²) in [6.45, 7) is 9.91. The monoisotopic (exact) mass is 408 g/mol. The van der Waals surface area contributed by atoms with E-state index in [1.807, 2.05) is 13.8 Å². The minimum Gasteiger partial charge on any atom is -0.464 e. The van der Waals surface area contributed by atoms with Crippen molar-refractivity contribution in [1.82, 2.24) is 10.6 Å². The molecule has 0 aliphatic carbocycles. The highest BCUT2D eigenvalue weighted by Gasteiger charge is 2.25. The van der Waals surface area contributed by atoms with Gasteiger partial charge in [0.05, 0.1) is 12.5 Å². The smallest absolute Gasteiger partial charge is 0.408 e. The fourth-order valence-electron chi connectivity index (χ4n) is 1.89. The van der Waals surface area contributed by atoms with Gasteiger partial charge in [-0.25, -0.2) is 14.4 Å². The third-order valence-corrected chi connectivity index (χ3v) is 3.19. The van der Waals surface area contributed by atoms with E-state index in [2.05, 4.69) is 10.6 Å². The van der Waals surface area contributed by atoms with Crippen molar-refractivity contribution in [3.63, 3.8) is 0 Å². The Morgan fingerprint density at radius 2 is 1.70 bits per heavy atom. The summed E-state index contributed by atoms with van der Waals surface area (Å²) in [6.07, 6.45) is 0.369. The molecule has 0 spiro atoms. The number of rotatable bonds is 11. The predicted octanol–water partition coefficient (Wildman–Crippen LogP) is 3.21. The largest absolute Gasteiger partial charge is 0.464 e. The van der Waals surface area contributed by atoms with Gasteiger partial charge >= 0.3 is 18.2 Å². The highest BCUT2D eigenvalue weighted by atomic mass is 35.5. The number of alkyl halides is 1. The topological polar surface area (TPSA) is 103 Å². The van der Waals surface area contributed by atoms with Crippen molar-refractivity contribution >= 4 is 29.8 Å². The van der Waals surface area contributed by atoms with E-state index in [4.69, 9.17) is 25.8 Å². The number of unbranched alkanes of at least 4 members (excludes halogenated alkanes) is 1. The zero-order chi connectivity index (χ0) is 20.9. The summed E-state index contributed by atoms with van der Waals surface area (Å²) in [5, 5.41) is 5.15. The summed E-state index contributed by atoms with van der Waals surface area (Å²) in [6, 6.07) is -0.804. The molecule has 158 valence electrons. The lowest BCUT2D eigenvalue weighted by atomic mass is 10.1.